The summed E-state index contributed by atoms with van der Waals surface area (Å²) in [6, 6.07) is 7.93. The van der Waals surface area contributed by atoms with Crippen LogP contribution in [0.2, 0.25) is 0 Å². The predicted molar refractivity (Wildman–Crippen MR) is 116 cm³/mol. The maximum atomic E-state index is 5.45. The Labute approximate surface area is 172 Å². The minimum Gasteiger partial charge on any atom is -0.497 e. The van der Waals surface area contributed by atoms with Crippen molar-refractivity contribution in [3.8, 4) is 11.5 Å². The lowest BCUT2D eigenvalue weighted by Crippen LogP contribution is -2.36. The molecule has 1 aromatic heterocycles. The Morgan fingerprint density at radius 2 is 1.69 bits per heavy atom. The highest BCUT2D eigenvalue weighted by atomic mass is 127. The van der Waals surface area contributed by atoms with Crippen LogP contribution in [-0.2, 0) is 13.1 Å². The molecular formula is C19H27IN4O2. The molecule has 2 aromatic rings. The normalized spacial score (nSPS) is 10.7. The molecule has 0 amide bonds. The van der Waals surface area contributed by atoms with Crippen molar-refractivity contribution >= 4 is 29.9 Å². The fourth-order valence-corrected chi connectivity index (χ4v) is 2.57. The van der Waals surface area contributed by atoms with E-state index in [0.29, 0.717) is 13.1 Å². The van der Waals surface area contributed by atoms with Crippen LogP contribution < -0.4 is 20.1 Å². The summed E-state index contributed by atoms with van der Waals surface area (Å²) >= 11 is 0. The van der Waals surface area contributed by atoms with Gasteiger partial charge in [-0.3, -0.25) is 9.98 Å². The van der Waals surface area contributed by atoms with E-state index in [9.17, 15) is 0 Å². The molecule has 0 aliphatic rings. The average molecular weight is 470 g/mol. The Morgan fingerprint density at radius 1 is 1.04 bits per heavy atom. The van der Waals surface area contributed by atoms with Crippen molar-refractivity contribution in [2.24, 2.45) is 4.99 Å². The molecule has 2 N–H and O–H groups in total. The quantitative estimate of drug-likeness (QED) is 0.386. The Morgan fingerprint density at radius 3 is 2.27 bits per heavy atom. The summed E-state index contributed by atoms with van der Waals surface area (Å²) in [5.74, 6) is 2.45. The second-order valence-corrected chi connectivity index (χ2v) is 5.67. The standard InChI is InChI=1S/C19H26N4O2.HI/c1-13-10-21-17(14(2)18(13)25-5)12-23-19(20-3)22-11-15-6-8-16(24-4)9-7-15;/h6-10H,11-12H2,1-5H3,(H2,20,22,23);1H. The van der Waals surface area contributed by atoms with Crippen LogP contribution in [0.4, 0.5) is 0 Å². The van der Waals surface area contributed by atoms with Crippen molar-refractivity contribution in [3.05, 3.63) is 52.8 Å². The Hall–Kier alpha value is -2.03. The highest BCUT2D eigenvalue weighted by Gasteiger charge is 2.09. The number of nitrogens with zero attached hydrogens (tertiary/aromatic N) is 2. The minimum atomic E-state index is 0. The zero-order valence-corrected chi connectivity index (χ0v) is 18.3. The number of rotatable bonds is 6. The van der Waals surface area contributed by atoms with Crippen molar-refractivity contribution in [2.45, 2.75) is 26.9 Å². The number of pyridine rings is 1. The summed E-state index contributed by atoms with van der Waals surface area (Å²) in [6.45, 7) is 5.26. The van der Waals surface area contributed by atoms with Crippen LogP contribution in [-0.4, -0.2) is 32.2 Å². The van der Waals surface area contributed by atoms with Gasteiger partial charge < -0.3 is 20.1 Å². The third-order valence-electron chi connectivity index (χ3n) is 4.02. The van der Waals surface area contributed by atoms with Gasteiger partial charge in [0.25, 0.3) is 0 Å². The van der Waals surface area contributed by atoms with Crippen LogP contribution in [0.5, 0.6) is 11.5 Å². The number of guanidine groups is 1. The molecule has 0 saturated carbocycles. The molecule has 6 nitrogen and oxygen atoms in total. The van der Waals surface area contributed by atoms with Gasteiger partial charge >= 0.3 is 0 Å². The lowest BCUT2D eigenvalue weighted by Gasteiger charge is -2.15. The van der Waals surface area contributed by atoms with Crippen molar-refractivity contribution in [3.63, 3.8) is 0 Å². The molecule has 0 bridgehead atoms. The van der Waals surface area contributed by atoms with Gasteiger partial charge in [-0.05, 0) is 31.5 Å². The summed E-state index contributed by atoms with van der Waals surface area (Å²) < 4.78 is 10.6. The van der Waals surface area contributed by atoms with Gasteiger partial charge in [0.15, 0.2) is 5.96 Å². The second kappa shape index (κ2) is 10.8. The molecule has 0 fully saturated rings. The smallest absolute Gasteiger partial charge is 0.191 e. The maximum absolute atomic E-state index is 5.45. The molecule has 0 radical (unpaired) electrons. The van der Waals surface area contributed by atoms with Crippen molar-refractivity contribution in [2.75, 3.05) is 21.3 Å². The first-order chi connectivity index (χ1) is 12.1. The van der Waals surface area contributed by atoms with Gasteiger partial charge in [0, 0.05) is 30.9 Å². The van der Waals surface area contributed by atoms with Crippen LogP contribution in [0.1, 0.15) is 22.4 Å². The highest BCUT2D eigenvalue weighted by molar-refractivity contribution is 14.0. The second-order valence-electron chi connectivity index (χ2n) is 5.67. The molecular weight excluding hydrogens is 443 g/mol. The van der Waals surface area contributed by atoms with E-state index in [-0.39, 0.29) is 24.0 Å². The first-order valence-corrected chi connectivity index (χ1v) is 8.15. The lowest BCUT2D eigenvalue weighted by molar-refractivity contribution is 0.406. The fourth-order valence-electron chi connectivity index (χ4n) is 2.57. The zero-order valence-electron chi connectivity index (χ0n) is 15.9. The summed E-state index contributed by atoms with van der Waals surface area (Å²) in [5, 5.41) is 6.58. The van der Waals surface area contributed by atoms with Crippen LogP contribution in [0.15, 0.2) is 35.5 Å². The van der Waals surface area contributed by atoms with Gasteiger partial charge in [0.1, 0.15) is 11.5 Å². The molecule has 0 atom stereocenters. The van der Waals surface area contributed by atoms with E-state index >= 15 is 0 Å². The Bertz CT molecular complexity index is 733. The first-order valence-electron chi connectivity index (χ1n) is 8.15. The monoisotopic (exact) mass is 470 g/mol. The molecule has 26 heavy (non-hydrogen) atoms. The maximum Gasteiger partial charge on any atom is 0.191 e. The number of methoxy groups -OCH3 is 2. The van der Waals surface area contributed by atoms with E-state index in [0.717, 1.165) is 39.8 Å². The molecule has 1 aromatic carbocycles. The first kappa shape index (κ1) is 22.0. The predicted octanol–water partition coefficient (Wildman–Crippen LogP) is 3.20. The van der Waals surface area contributed by atoms with Gasteiger partial charge in [-0.15, -0.1) is 24.0 Å². The number of ether oxygens (including phenoxy) is 2. The number of benzene rings is 1. The molecule has 0 aliphatic heterocycles. The van der Waals surface area contributed by atoms with Gasteiger partial charge in [0.2, 0.25) is 0 Å². The molecule has 2 rings (SSSR count). The number of halogens is 1. The fraction of sp³-hybridized carbons (Fsp3) is 0.368. The molecule has 1 heterocycles. The molecule has 0 unspecified atom stereocenters. The number of hydrogen-bond donors (Lipinski definition) is 2. The van der Waals surface area contributed by atoms with E-state index < -0.39 is 0 Å². The van der Waals surface area contributed by atoms with Gasteiger partial charge in [-0.1, -0.05) is 12.1 Å². The number of aromatic nitrogens is 1. The van der Waals surface area contributed by atoms with Crippen LogP contribution in [0, 0.1) is 13.8 Å². The highest BCUT2D eigenvalue weighted by Crippen LogP contribution is 2.23. The topological polar surface area (TPSA) is 67.8 Å². The number of aliphatic imine (C=N–C) groups is 1. The van der Waals surface area contributed by atoms with Crippen LogP contribution in [0.3, 0.4) is 0 Å². The van der Waals surface area contributed by atoms with E-state index in [2.05, 4.69) is 20.6 Å². The Balaban J connectivity index is 0.00000338. The third-order valence-corrected chi connectivity index (χ3v) is 4.02. The van der Waals surface area contributed by atoms with Crippen molar-refractivity contribution in [1.82, 2.24) is 15.6 Å². The molecule has 142 valence electrons. The third kappa shape index (κ3) is 5.76. The lowest BCUT2D eigenvalue weighted by atomic mass is 10.1. The van der Waals surface area contributed by atoms with E-state index in [1.807, 2.05) is 44.3 Å². The summed E-state index contributed by atoms with van der Waals surface area (Å²) in [7, 11) is 5.09. The molecule has 0 spiro atoms. The van der Waals surface area contributed by atoms with Crippen molar-refractivity contribution < 1.29 is 9.47 Å². The number of hydrogen-bond acceptors (Lipinski definition) is 4. The SMILES string of the molecule is CN=C(NCc1ccc(OC)cc1)NCc1ncc(C)c(OC)c1C.I. The van der Waals surface area contributed by atoms with E-state index in [1.165, 1.54) is 0 Å². The van der Waals surface area contributed by atoms with Crippen LogP contribution in [0.25, 0.3) is 0 Å². The van der Waals surface area contributed by atoms with E-state index in [4.69, 9.17) is 9.47 Å². The Kier molecular flexibility index (Phi) is 9.18. The molecule has 0 aliphatic carbocycles. The molecule has 7 heteroatoms. The average Bonchev–Trinajstić information content (AvgIpc) is 2.64. The minimum absolute atomic E-state index is 0. The zero-order chi connectivity index (χ0) is 18.2. The van der Waals surface area contributed by atoms with Crippen molar-refractivity contribution in [1.29, 1.82) is 0 Å². The summed E-state index contributed by atoms with van der Waals surface area (Å²) in [4.78, 5) is 8.74. The summed E-state index contributed by atoms with van der Waals surface area (Å²) in [6.07, 6.45) is 1.83. The van der Waals surface area contributed by atoms with Crippen LogP contribution >= 0.6 is 24.0 Å². The van der Waals surface area contributed by atoms with Gasteiger partial charge in [-0.25, -0.2) is 0 Å². The largest absolute Gasteiger partial charge is 0.497 e. The van der Waals surface area contributed by atoms with Gasteiger partial charge in [-0.2, -0.15) is 0 Å². The van der Waals surface area contributed by atoms with E-state index in [1.54, 1.807) is 21.3 Å². The van der Waals surface area contributed by atoms with Gasteiger partial charge in [0.05, 0.1) is 26.5 Å². The number of nitrogens with one attached hydrogen (secondary N) is 2. The number of aryl methyl sites for hydroxylation is 1. The summed E-state index contributed by atoms with van der Waals surface area (Å²) in [5.41, 5.74) is 4.16. The molecule has 0 saturated heterocycles.